The number of aromatic hydroxyl groups is 1. The maximum absolute atomic E-state index is 14.3. The normalized spacial score (nSPS) is 15.7. The number of aliphatic hydroxyl groups excluding tert-OH is 1. The minimum absolute atomic E-state index is 0.0212. The smallest absolute Gasteiger partial charge is 0.328 e. The number of hydrogen-bond donors (Lipinski definition) is 26. The number of rotatable bonds is 54. The number of nitrogens with two attached hydrogens (primary N) is 8. The van der Waals surface area contributed by atoms with Crippen LogP contribution in [0.1, 0.15) is 109 Å². The molecule has 0 bridgehead atoms. The van der Waals surface area contributed by atoms with E-state index < -0.39 is 260 Å². The number of phenolic OH excluding ortho intramolecular Hbond substituents is 1. The lowest BCUT2D eigenvalue weighted by Gasteiger charge is -2.30. The van der Waals surface area contributed by atoms with Crippen molar-refractivity contribution in [3.63, 3.8) is 0 Å². The van der Waals surface area contributed by atoms with E-state index >= 15 is 0 Å². The molecule has 0 radical (unpaired) electrons. The number of carboxylic acids is 2. The number of thioether (sulfide) groups is 1. The molecule has 113 heavy (non-hydrogen) atoms. The number of guanidine groups is 1. The first-order valence-corrected chi connectivity index (χ1v) is 38.0. The monoisotopic (exact) mass is 1660 g/mol. The summed E-state index contributed by atoms with van der Waals surface area (Å²) in [6, 6.07) is -17.9. The van der Waals surface area contributed by atoms with Crippen molar-refractivity contribution in [3.8, 4) is 5.75 Å². The number of likely N-dealkylation sites (tertiary alicyclic amines) is 1. The lowest BCUT2D eigenvalue weighted by atomic mass is 10.0. The molecule has 630 valence electrons. The zero-order valence-electron chi connectivity index (χ0n) is 62.0. The summed E-state index contributed by atoms with van der Waals surface area (Å²) >= 11 is 9.70. The quantitative estimate of drug-likeness (QED) is 0.0125. The molecule has 1 saturated heterocycles. The van der Waals surface area contributed by atoms with Gasteiger partial charge < -0.3 is 135 Å². The Hall–Kier alpha value is -10.8. The van der Waals surface area contributed by atoms with Gasteiger partial charge in [0.05, 0.1) is 31.9 Å². The first kappa shape index (κ1) is 98.2. The fourth-order valence-electron chi connectivity index (χ4n) is 10.8. The summed E-state index contributed by atoms with van der Waals surface area (Å²) in [7, 11) is 0. The summed E-state index contributed by atoms with van der Waals surface area (Å²) in [4.78, 5) is 258. The zero-order chi connectivity index (χ0) is 85.4. The SMILES string of the molecule is CSCC[C@H](N)C(=O)N[C@@H](Cc1ccc(O)cc1)C(=O)N[C@@H](CCC(N)=O)C(=O)N[C@@H](CCC(N)=O)C(=O)N[C@@H](CC(N)=O)C(=O)N[C@@H](CCCCN)C(=O)N[C@@H](CC(=O)O)C(=O)N[C@@H](C)C(=O)N[C@@H](CCCN=C(N)N)C(=O)N[C@@H](CS)C(=O)N[C@@H](CS)C(=O)N[C@@H](CC(N)=O)C(=O)N1CCC[C@H]1C(=O)N[C@@H](CO)C(=O)O. The van der Waals surface area contributed by atoms with Crippen LogP contribution in [0.4, 0.5) is 0 Å². The largest absolute Gasteiger partial charge is 0.508 e. The van der Waals surface area contributed by atoms with Crippen molar-refractivity contribution in [1.82, 2.24) is 68.7 Å². The van der Waals surface area contributed by atoms with Crippen LogP contribution in [-0.2, 0) is 97.5 Å². The van der Waals surface area contributed by atoms with E-state index in [2.05, 4.69) is 94.1 Å². The lowest BCUT2D eigenvalue weighted by molar-refractivity contribution is -0.146. The van der Waals surface area contributed by atoms with Crippen LogP contribution in [0.25, 0.3) is 0 Å². The van der Waals surface area contributed by atoms with Crippen molar-refractivity contribution in [2.45, 2.75) is 194 Å². The third-order valence-corrected chi connectivity index (χ3v) is 18.2. The van der Waals surface area contributed by atoms with E-state index in [-0.39, 0.29) is 89.1 Å². The number of nitrogens with one attached hydrogen (secondary N) is 12. The van der Waals surface area contributed by atoms with Crippen LogP contribution in [0, 0.1) is 0 Å². The highest BCUT2D eigenvalue weighted by atomic mass is 32.2. The van der Waals surface area contributed by atoms with Crippen molar-refractivity contribution in [1.29, 1.82) is 0 Å². The Bertz CT molecular complexity index is 3560. The maximum Gasteiger partial charge on any atom is 0.328 e. The molecule has 0 saturated carbocycles. The van der Waals surface area contributed by atoms with Gasteiger partial charge >= 0.3 is 11.9 Å². The molecule has 1 aromatic rings. The van der Waals surface area contributed by atoms with Crippen molar-refractivity contribution in [2.24, 2.45) is 50.9 Å². The minimum atomic E-state index is -2.08. The number of amides is 17. The highest BCUT2D eigenvalue weighted by molar-refractivity contribution is 7.98. The second kappa shape index (κ2) is 50.9. The summed E-state index contributed by atoms with van der Waals surface area (Å²) < 4.78 is 0. The van der Waals surface area contributed by atoms with Gasteiger partial charge in [-0.15, -0.1) is 0 Å². The molecule has 1 heterocycles. The summed E-state index contributed by atoms with van der Waals surface area (Å²) in [5.74, 6) is -23.2. The number of hydrogen-bond acceptors (Lipinski definition) is 27. The first-order chi connectivity index (χ1) is 53.2. The molecule has 1 aliphatic rings. The van der Waals surface area contributed by atoms with E-state index in [9.17, 15) is 112 Å². The molecule has 1 fully saturated rings. The number of carbonyl (C=O) groups excluding carboxylic acids is 17. The predicted molar refractivity (Wildman–Crippen MR) is 408 cm³/mol. The topological polar surface area (TPSA) is 773 Å². The number of benzene rings is 1. The molecule has 17 amide bonds. The van der Waals surface area contributed by atoms with Gasteiger partial charge in [0.2, 0.25) is 100 Å². The zero-order valence-corrected chi connectivity index (χ0v) is 64.6. The van der Waals surface area contributed by atoms with Crippen LogP contribution in [0.5, 0.6) is 5.75 Å². The van der Waals surface area contributed by atoms with Crippen LogP contribution in [0.15, 0.2) is 29.3 Å². The average Bonchev–Trinajstić information content (AvgIpc) is 1.73. The van der Waals surface area contributed by atoms with Gasteiger partial charge in [0.25, 0.3) is 0 Å². The van der Waals surface area contributed by atoms with E-state index in [1.54, 1.807) is 6.26 Å². The van der Waals surface area contributed by atoms with Gasteiger partial charge in [-0.05, 0) is 107 Å². The van der Waals surface area contributed by atoms with Crippen LogP contribution in [0.2, 0.25) is 0 Å². The molecule has 0 spiro atoms. The van der Waals surface area contributed by atoms with E-state index in [0.29, 0.717) is 11.3 Å². The third-order valence-electron chi connectivity index (χ3n) is 16.9. The van der Waals surface area contributed by atoms with Crippen LogP contribution >= 0.6 is 37.0 Å². The molecular weight excluding hydrogens is 1550 g/mol. The Morgan fingerprint density at radius 1 is 0.504 bits per heavy atom. The van der Waals surface area contributed by atoms with Gasteiger partial charge in [-0.2, -0.15) is 37.0 Å². The number of aliphatic imine (C=N–C) groups is 1. The fraction of sp³-hybridized carbons (Fsp3) is 0.600. The molecule has 0 unspecified atom stereocenters. The third kappa shape index (κ3) is 36.5. The lowest BCUT2D eigenvalue weighted by Crippen LogP contribution is -2.61. The molecule has 32 N–H and O–H groups in total. The molecular formula is C65H104N22O23S3. The Kier molecular flexibility index (Phi) is 44.3. The first-order valence-electron chi connectivity index (χ1n) is 35.3. The van der Waals surface area contributed by atoms with E-state index in [1.165, 1.54) is 36.0 Å². The van der Waals surface area contributed by atoms with Gasteiger partial charge in [0.15, 0.2) is 5.96 Å². The van der Waals surface area contributed by atoms with Crippen molar-refractivity contribution in [2.75, 3.05) is 49.8 Å². The predicted octanol–water partition coefficient (Wildman–Crippen LogP) is -11.3. The minimum Gasteiger partial charge on any atom is -0.508 e. The summed E-state index contributed by atoms with van der Waals surface area (Å²) in [5, 5.41) is 66.3. The molecule has 0 aliphatic carbocycles. The van der Waals surface area contributed by atoms with Gasteiger partial charge in [0, 0.05) is 43.9 Å². The molecule has 2 rings (SSSR count). The number of phenols is 1. The van der Waals surface area contributed by atoms with Crippen molar-refractivity contribution in [3.05, 3.63) is 29.8 Å². The van der Waals surface area contributed by atoms with Gasteiger partial charge in [0.1, 0.15) is 84.3 Å². The van der Waals surface area contributed by atoms with Gasteiger partial charge in [-0.25, -0.2) is 4.79 Å². The number of unbranched alkanes of at least 4 members (excludes halogenated alkanes) is 1. The van der Waals surface area contributed by atoms with Gasteiger partial charge in [-0.1, -0.05) is 12.1 Å². The van der Waals surface area contributed by atoms with Crippen molar-refractivity contribution < 1.29 is 112 Å². The van der Waals surface area contributed by atoms with Crippen LogP contribution in [0.3, 0.4) is 0 Å². The number of aliphatic hydroxyl groups is 1. The van der Waals surface area contributed by atoms with E-state index in [4.69, 9.17) is 45.9 Å². The molecule has 0 aromatic heterocycles. The highest BCUT2D eigenvalue weighted by Crippen LogP contribution is 2.21. The molecule has 1 aliphatic heterocycles. The van der Waals surface area contributed by atoms with Crippen LogP contribution in [-0.4, -0.2) is 278 Å². The number of aliphatic carboxylic acids is 2. The van der Waals surface area contributed by atoms with E-state index in [0.717, 1.165) is 11.8 Å². The molecule has 48 heteroatoms. The Morgan fingerprint density at radius 2 is 0.920 bits per heavy atom. The number of carbonyl (C=O) groups is 19. The summed E-state index contributed by atoms with van der Waals surface area (Å²) in [5.41, 5.74) is 44.9. The second-order valence-corrected chi connectivity index (χ2v) is 27.6. The summed E-state index contributed by atoms with van der Waals surface area (Å²) in [6.45, 7) is -0.114. The van der Waals surface area contributed by atoms with Crippen LogP contribution < -0.4 is 110 Å². The average molecular weight is 1660 g/mol. The Labute approximate surface area is 663 Å². The number of carboxylic acid groups (broad SMARTS) is 2. The van der Waals surface area contributed by atoms with Gasteiger partial charge in [-0.3, -0.25) is 91.3 Å². The molecule has 45 nitrogen and oxygen atoms in total. The molecule has 14 atom stereocenters. The maximum atomic E-state index is 14.3. The number of primary amides is 4. The molecule has 1 aromatic carbocycles. The van der Waals surface area contributed by atoms with E-state index in [1.807, 2.05) is 0 Å². The van der Waals surface area contributed by atoms with Crippen molar-refractivity contribution >= 4 is 155 Å². The number of nitrogens with zero attached hydrogens (tertiary/aromatic N) is 2. The Morgan fingerprint density at radius 3 is 1.37 bits per heavy atom. The second-order valence-electron chi connectivity index (χ2n) is 25.9. The Balaban J connectivity index is 2.44. The number of thiol groups is 2. The highest BCUT2D eigenvalue weighted by Gasteiger charge is 2.42. The fourth-order valence-corrected chi connectivity index (χ4v) is 11.8. The summed E-state index contributed by atoms with van der Waals surface area (Å²) in [6.07, 6.45) is -3.86. The standard InChI is InChI=1S/C65H104N22O23S3/c1-30(51(96)76-35(8-5-20-74-65(72)73)54(99)85-44(29-112)61(106)86-43(28-111)60(105)83-41(25-49(71)93)63(108)87-21-6-9-45(87)62(107)84-42(27-88)64(109)110)75-57(102)40(26-50(94)95)82-53(98)34(7-3-4-19-66)77-59(104)39(24-48(70)92)81-56(101)37(15-17-47(69)91)78-55(100)36(14-16-46(68)90)79-58(103)38(23-31-10-12-32(89)13-11-31)80-52(97)33(67)18-22-113-2/h10-13,30,33-45,88-89,111-112H,3-9,14-29,66-67H2,1-2H3,(H2,68,90)(H2,69,91)(H2,70,92)(H2,71,93)(H,75,102)(H,76,96)(H,77,104)(H,78,100)(H,79,103)(H,80,97)(H,81,101)(H,82,98)(H,83,105)(H,84,107)(H,85,99)(H,86,106)(H,94,95)(H,109,110)(H4,72,73,74)/t30-,33-,34-,35-,36-,37-,38-,39-,40-,41-,42-,43-,44-,45-/m0/s1.